The van der Waals surface area contributed by atoms with Crippen LogP contribution < -0.4 is 24.3 Å². The van der Waals surface area contributed by atoms with Crippen LogP contribution in [0.5, 0.6) is 23.0 Å². The van der Waals surface area contributed by atoms with Gasteiger partial charge in [-0.3, -0.25) is 4.79 Å². The van der Waals surface area contributed by atoms with E-state index in [1.807, 2.05) is 30.3 Å². The van der Waals surface area contributed by atoms with Gasteiger partial charge in [0.2, 0.25) is 5.75 Å². The number of nitrogens with zero attached hydrogens (tertiary/aromatic N) is 1. The van der Waals surface area contributed by atoms with Crippen molar-refractivity contribution in [2.75, 3.05) is 40.4 Å². The molecule has 44 heavy (non-hydrogen) atoms. The van der Waals surface area contributed by atoms with Gasteiger partial charge in [0.05, 0.1) is 50.9 Å². The van der Waals surface area contributed by atoms with E-state index in [0.717, 1.165) is 16.4 Å². The molecular formula is C34H28N2O8. The number of pyridine rings is 1. The second kappa shape index (κ2) is 11.8. The summed E-state index contributed by atoms with van der Waals surface area (Å²) in [6.45, 7) is -0.531. The number of para-hydroxylation sites is 2. The van der Waals surface area contributed by atoms with Crippen molar-refractivity contribution in [1.29, 1.82) is 0 Å². The first kappa shape index (κ1) is 28.4. The molecule has 0 atom stereocenters. The number of benzene rings is 4. The molecule has 10 heteroatoms. The van der Waals surface area contributed by atoms with E-state index in [-0.39, 0.29) is 5.56 Å². The third-order valence-electron chi connectivity index (χ3n) is 7.20. The Morgan fingerprint density at radius 1 is 0.727 bits per heavy atom. The van der Waals surface area contributed by atoms with Gasteiger partial charge in [0.25, 0.3) is 5.91 Å². The van der Waals surface area contributed by atoms with Gasteiger partial charge in [-0.15, -0.1) is 0 Å². The van der Waals surface area contributed by atoms with Crippen molar-refractivity contribution in [3.05, 3.63) is 84.4 Å². The molecule has 0 spiro atoms. The van der Waals surface area contributed by atoms with Crippen molar-refractivity contribution in [3.8, 4) is 34.3 Å². The van der Waals surface area contributed by atoms with Crippen LogP contribution in [0.3, 0.4) is 0 Å². The lowest BCUT2D eigenvalue weighted by atomic mass is 10.0. The number of rotatable bonds is 9. The molecule has 6 rings (SSSR count). The molecule has 6 aromatic rings. The molecule has 1 amide bonds. The van der Waals surface area contributed by atoms with Crippen LogP contribution >= 0.6 is 0 Å². The van der Waals surface area contributed by atoms with Gasteiger partial charge in [0, 0.05) is 27.8 Å². The molecule has 0 fully saturated rings. The summed E-state index contributed by atoms with van der Waals surface area (Å²) in [6.07, 6.45) is 0. The quantitative estimate of drug-likeness (QED) is 0.185. The van der Waals surface area contributed by atoms with Gasteiger partial charge < -0.3 is 33.4 Å². The van der Waals surface area contributed by atoms with Crippen LogP contribution in [0, 0.1) is 0 Å². The van der Waals surface area contributed by atoms with Gasteiger partial charge in [-0.1, -0.05) is 36.4 Å². The fourth-order valence-corrected chi connectivity index (χ4v) is 5.13. The molecule has 0 aliphatic heterocycles. The number of hydrogen-bond donors (Lipinski definition) is 1. The van der Waals surface area contributed by atoms with Gasteiger partial charge >= 0.3 is 5.97 Å². The number of aromatic nitrogens is 1. The van der Waals surface area contributed by atoms with E-state index in [9.17, 15) is 9.59 Å². The van der Waals surface area contributed by atoms with E-state index >= 15 is 0 Å². The molecule has 0 bridgehead atoms. The van der Waals surface area contributed by atoms with E-state index in [4.69, 9.17) is 33.1 Å². The highest BCUT2D eigenvalue weighted by atomic mass is 16.5. The minimum absolute atomic E-state index is 0.244. The Labute approximate surface area is 252 Å². The third kappa shape index (κ3) is 5.17. The average Bonchev–Trinajstić information content (AvgIpc) is 3.42. The van der Waals surface area contributed by atoms with Gasteiger partial charge in [-0.2, -0.15) is 0 Å². The Morgan fingerprint density at radius 2 is 1.41 bits per heavy atom. The van der Waals surface area contributed by atoms with Crippen LogP contribution in [0.1, 0.15) is 10.4 Å². The lowest BCUT2D eigenvalue weighted by molar-refractivity contribution is -0.119. The summed E-state index contributed by atoms with van der Waals surface area (Å²) >= 11 is 0. The number of nitrogens with one attached hydrogen (secondary N) is 1. The molecule has 0 aliphatic rings. The van der Waals surface area contributed by atoms with Gasteiger partial charge in [-0.25, -0.2) is 9.78 Å². The number of hydrogen-bond acceptors (Lipinski definition) is 9. The van der Waals surface area contributed by atoms with Crippen molar-refractivity contribution >= 4 is 50.4 Å². The Hall–Kier alpha value is -5.77. The monoisotopic (exact) mass is 592 g/mol. The molecule has 0 radical (unpaired) electrons. The molecule has 222 valence electrons. The van der Waals surface area contributed by atoms with Crippen LogP contribution in [0.4, 0.5) is 5.69 Å². The first-order valence-corrected chi connectivity index (χ1v) is 13.6. The van der Waals surface area contributed by atoms with Crippen LogP contribution in [-0.4, -0.2) is 51.9 Å². The van der Waals surface area contributed by atoms with Crippen molar-refractivity contribution in [2.24, 2.45) is 0 Å². The Balaban J connectivity index is 1.26. The predicted molar refractivity (Wildman–Crippen MR) is 166 cm³/mol. The molecule has 2 heterocycles. The summed E-state index contributed by atoms with van der Waals surface area (Å²) in [5.74, 6) is 0.519. The van der Waals surface area contributed by atoms with E-state index < -0.39 is 18.5 Å². The number of amides is 1. The minimum Gasteiger partial charge on any atom is -0.495 e. The second-order valence-electron chi connectivity index (χ2n) is 9.76. The number of fused-ring (bicyclic) bond motifs is 4. The molecule has 0 saturated carbocycles. The number of anilines is 1. The highest BCUT2D eigenvalue weighted by molar-refractivity contribution is 6.08. The molecular weight excluding hydrogens is 564 g/mol. The number of furan rings is 1. The standard InChI is InChI=1S/C34H28N2O8/c1-39-29-16-22-21-10-6-8-12-27(21)44-28(22)17-26(29)36-32(37)18-43-34(38)23-15-25(35-24-11-7-5-9-20(23)24)19-13-30(40-2)33(42-4)31(14-19)41-3/h5-17H,18H2,1-4H3,(H,36,37). The van der Waals surface area contributed by atoms with Crippen LogP contribution in [0.15, 0.2) is 83.3 Å². The maximum absolute atomic E-state index is 13.4. The molecule has 4 aromatic carbocycles. The molecule has 10 nitrogen and oxygen atoms in total. The third-order valence-corrected chi connectivity index (χ3v) is 7.20. The van der Waals surface area contributed by atoms with E-state index in [2.05, 4.69) is 5.32 Å². The Morgan fingerprint density at radius 3 is 2.11 bits per heavy atom. The maximum Gasteiger partial charge on any atom is 0.339 e. The highest BCUT2D eigenvalue weighted by Crippen LogP contribution is 2.41. The number of carbonyl (C=O) groups excluding carboxylic acids is 2. The lowest BCUT2D eigenvalue weighted by Crippen LogP contribution is -2.21. The van der Waals surface area contributed by atoms with Crippen molar-refractivity contribution in [3.63, 3.8) is 0 Å². The minimum atomic E-state index is -0.688. The fourth-order valence-electron chi connectivity index (χ4n) is 5.13. The summed E-state index contributed by atoms with van der Waals surface area (Å²) in [4.78, 5) is 31.1. The number of ether oxygens (including phenoxy) is 5. The first-order chi connectivity index (χ1) is 21.4. The number of methoxy groups -OCH3 is 4. The van der Waals surface area contributed by atoms with E-state index in [0.29, 0.717) is 56.4 Å². The average molecular weight is 593 g/mol. The summed E-state index contributed by atoms with van der Waals surface area (Å²) < 4.78 is 33.4. The normalized spacial score (nSPS) is 11.0. The van der Waals surface area contributed by atoms with Gasteiger partial charge in [0.15, 0.2) is 18.1 Å². The van der Waals surface area contributed by atoms with Crippen LogP contribution in [-0.2, 0) is 9.53 Å². The molecule has 0 saturated heterocycles. The maximum atomic E-state index is 13.4. The molecule has 0 aliphatic carbocycles. The zero-order chi connectivity index (χ0) is 30.8. The summed E-state index contributed by atoms with van der Waals surface area (Å²) in [7, 11) is 6.07. The van der Waals surface area contributed by atoms with Crippen molar-refractivity contribution in [2.45, 2.75) is 0 Å². The SMILES string of the molecule is COc1cc2c(cc1NC(=O)COC(=O)c1cc(-c3cc(OC)c(OC)c(OC)c3)nc3ccccc13)oc1ccccc12. The van der Waals surface area contributed by atoms with Crippen LogP contribution in [0.25, 0.3) is 44.1 Å². The van der Waals surface area contributed by atoms with E-state index in [1.165, 1.54) is 28.4 Å². The van der Waals surface area contributed by atoms with Crippen LogP contribution in [0.2, 0.25) is 0 Å². The van der Waals surface area contributed by atoms with Crippen molar-refractivity contribution < 1.29 is 37.7 Å². The largest absolute Gasteiger partial charge is 0.495 e. The van der Waals surface area contributed by atoms with Gasteiger partial charge in [0.1, 0.15) is 16.9 Å². The van der Waals surface area contributed by atoms with Crippen molar-refractivity contribution in [1.82, 2.24) is 4.98 Å². The smallest absolute Gasteiger partial charge is 0.339 e. The molecule has 0 unspecified atom stereocenters. The predicted octanol–water partition coefficient (Wildman–Crippen LogP) is 6.63. The van der Waals surface area contributed by atoms with Gasteiger partial charge in [-0.05, 0) is 36.4 Å². The zero-order valence-electron chi connectivity index (χ0n) is 24.4. The Bertz CT molecular complexity index is 2020. The molecule has 2 aromatic heterocycles. The molecule has 1 N–H and O–H groups in total. The fraction of sp³-hybridized carbons (Fsp3) is 0.147. The Kier molecular flexibility index (Phi) is 7.63. The lowest BCUT2D eigenvalue weighted by Gasteiger charge is -2.15. The number of esters is 1. The topological polar surface area (TPSA) is 118 Å². The summed E-state index contributed by atoms with van der Waals surface area (Å²) in [6, 6.07) is 23.4. The second-order valence-corrected chi connectivity index (χ2v) is 9.76. The number of carbonyl (C=O) groups is 2. The summed E-state index contributed by atoms with van der Waals surface area (Å²) in [5, 5.41) is 5.13. The first-order valence-electron chi connectivity index (χ1n) is 13.6. The van der Waals surface area contributed by atoms with E-state index in [1.54, 1.807) is 48.5 Å². The highest BCUT2D eigenvalue weighted by Gasteiger charge is 2.20. The summed E-state index contributed by atoms with van der Waals surface area (Å²) in [5.41, 5.74) is 3.61. The zero-order valence-corrected chi connectivity index (χ0v) is 24.4.